The number of esters is 2. The molecule has 20 heteroatoms. The number of carboxylic acid groups (broad SMARTS) is 2. The van der Waals surface area contributed by atoms with Crippen LogP contribution in [0.2, 0.25) is 0 Å². The molecule has 0 aromatic heterocycles. The van der Waals surface area contributed by atoms with Crippen LogP contribution in [0.5, 0.6) is 0 Å². The minimum atomic E-state index is -2.11. The van der Waals surface area contributed by atoms with Crippen LogP contribution in [-0.2, 0) is 47.6 Å². The third-order valence-electron chi connectivity index (χ3n) is 18.9. The number of rotatable bonds is 11. The molecular formula is C49H74O20. The van der Waals surface area contributed by atoms with Crippen LogP contribution in [0, 0.1) is 50.2 Å². The number of aliphatic hydroxyl groups excluding tert-OH is 8. The van der Waals surface area contributed by atoms with E-state index in [-0.39, 0.29) is 31.3 Å². The minimum absolute atomic E-state index is 0.0409. The van der Waals surface area contributed by atoms with Gasteiger partial charge in [-0.3, -0.25) is 4.79 Å². The van der Waals surface area contributed by atoms with E-state index < -0.39 is 155 Å². The van der Waals surface area contributed by atoms with E-state index in [0.717, 1.165) is 5.57 Å². The molecule has 5 aliphatic carbocycles. The zero-order chi connectivity index (χ0) is 51.3. The summed E-state index contributed by atoms with van der Waals surface area (Å²) in [4.78, 5) is 49.9. The maximum atomic E-state index is 13.2. The maximum absolute atomic E-state index is 13.2. The lowest BCUT2D eigenvalue weighted by Crippen LogP contribution is -2.72. The zero-order valence-corrected chi connectivity index (χ0v) is 40.9. The summed E-state index contributed by atoms with van der Waals surface area (Å²) in [6.07, 6.45) is -17.8. The summed E-state index contributed by atoms with van der Waals surface area (Å²) in [5.41, 5.74) is -3.49. The molecule has 0 aromatic carbocycles. The lowest BCUT2D eigenvalue weighted by molar-refractivity contribution is -0.373. The van der Waals surface area contributed by atoms with Gasteiger partial charge in [0.2, 0.25) is 0 Å². The van der Waals surface area contributed by atoms with Crippen molar-refractivity contribution in [3.63, 3.8) is 0 Å². The molecule has 7 rings (SSSR count). The molecule has 0 radical (unpaired) electrons. The molecule has 0 amide bonds. The van der Waals surface area contributed by atoms with Crippen LogP contribution < -0.4 is 0 Å². The van der Waals surface area contributed by atoms with Crippen LogP contribution in [0.1, 0.15) is 107 Å². The van der Waals surface area contributed by atoms with Crippen LogP contribution in [-0.4, -0.2) is 174 Å². The largest absolute Gasteiger partial charge is 0.479 e. The van der Waals surface area contributed by atoms with Crippen LogP contribution in [0.25, 0.3) is 0 Å². The Morgan fingerprint density at radius 2 is 1.38 bits per heavy atom. The highest BCUT2D eigenvalue weighted by Gasteiger charge is 2.73. The van der Waals surface area contributed by atoms with Gasteiger partial charge in [-0.2, -0.15) is 0 Å². The number of fused-ring (bicyclic) bond motifs is 7. The van der Waals surface area contributed by atoms with Gasteiger partial charge >= 0.3 is 23.9 Å². The number of aliphatic carboxylic acids is 2. The second-order valence-electron chi connectivity index (χ2n) is 22.8. The first kappa shape index (κ1) is 53.7. The third kappa shape index (κ3) is 8.29. The number of carbonyl (C=O) groups is 4. The Bertz CT molecular complexity index is 2060. The molecule has 20 nitrogen and oxygen atoms in total. The van der Waals surface area contributed by atoms with Gasteiger partial charge in [0.15, 0.2) is 24.8 Å². The second-order valence-corrected chi connectivity index (χ2v) is 22.8. The molecule has 4 unspecified atom stereocenters. The summed E-state index contributed by atoms with van der Waals surface area (Å²) in [6.45, 7) is 16.2. The van der Waals surface area contributed by atoms with Gasteiger partial charge in [-0.15, -0.1) is 0 Å². The van der Waals surface area contributed by atoms with E-state index in [0.29, 0.717) is 37.7 Å². The summed E-state index contributed by atoms with van der Waals surface area (Å²) in [5.74, 6) is -5.31. The van der Waals surface area contributed by atoms with Crippen molar-refractivity contribution in [3.8, 4) is 0 Å². The Morgan fingerprint density at radius 1 is 0.768 bits per heavy atom. The topological polar surface area (TPSA) is 326 Å². The number of ether oxygens (including phenoxy) is 6. The lowest BCUT2D eigenvalue weighted by atomic mass is 9.33. The first-order valence-corrected chi connectivity index (χ1v) is 24.1. The van der Waals surface area contributed by atoms with E-state index in [1.807, 2.05) is 20.8 Å². The van der Waals surface area contributed by atoms with Crippen molar-refractivity contribution in [2.75, 3.05) is 13.2 Å². The molecule has 22 atom stereocenters. The Labute approximate surface area is 401 Å². The van der Waals surface area contributed by atoms with E-state index in [2.05, 4.69) is 26.8 Å². The SMILES string of the molecule is C/C=C(/C)C(=O)OC1[C@H](O)[C@@]2(COC(C)=O)C(CC1(C)C)C1=CCC3[C@@]4(C)CC[C@H](O[C@@H]5O[C@H](C(=O)O)[C@@H](O)[C@H](O)[C@H]5O[C@@H]5O[C@H](C(=O)O)[C@H](O)[C@H](O)[C@H]5O)[C@@](C)(CO)C4CC[C@@]3(C)[C@]1(C)C[C@H]2O. The van der Waals surface area contributed by atoms with E-state index in [1.54, 1.807) is 19.9 Å². The average Bonchev–Trinajstić information content (AvgIpc) is 3.27. The summed E-state index contributed by atoms with van der Waals surface area (Å²) < 4.78 is 35.2. The molecule has 7 aliphatic rings. The van der Waals surface area contributed by atoms with Gasteiger partial charge in [0, 0.05) is 23.3 Å². The molecular weight excluding hydrogens is 909 g/mol. The van der Waals surface area contributed by atoms with Crippen LogP contribution in [0.3, 0.4) is 0 Å². The number of allylic oxidation sites excluding steroid dienone is 3. The van der Waals surface area contributed by atoms with Gasteiger partial charge in [-0.1, -0.05) is 59.3 Å². The van der Waals surface area contributed by atoms with E-state index in [9.17, 15) is 70.2 Å². The van der Waals surface area contributed by atoms with Gasteiger partial charge < -0.3 is 79.5 Å². The fourth-order valence-electron chi connectivity index (χ4n) is 14.6. The monoisotopic (exact) mass is 982 g/mol. The van der Waals surface area contributed by atoms with Gasteiger partial charge in [-0.05, 0) is 92.8 Å². The van der Waals surface area contributed by atoms with Crippen LogP contribution >= 0.6 is 0 Å². The zero-order valence-electron chi connectivity index (χ0n) is 40.9. The second kappa shape index (κ2) is 18.7. The van der Waals surface area contributed by atoms with Crippen molar-refractivity contribution in [1.29, 1.82) is 0 Å². The molecule has 0 spiro atoms. The van der Waals surface area contributed by atoms with E-state index >= 15 is 0 Å². The average molecular weight is 983 g/mol. The van der Waals surface area contributed by atoms with Gasteiger partial charge in [0.25, 0.3) is 0 Å². The van der Waals surface area contributed by atoms with Crippen molar-refractivity contribution >= 4 is 23.9 Å². The van der Waals surface area contributed by atoms with E-state index in [4.69, 9.17) is 28.4 Å². The molecule has 0 aromatic rings. The predicted octanol–water partition coefficient (Wildman–Crippen LogP) is 0.947. The Hall–Kier alpha value is -3.12. The molecule has 10 N–H and O–H groups in total. The smallest absolute Gasteiger partial charge is 0.335 e. The Morgan fingerprint density at radius 3 is 1.96 bits per heavy atom. The summed E-state index contributed by atoms with van der Waals surface area (Å²) in [7, 11) is 0. The van der Waals surface area contributed by atoms with Gasteiger partial charge in [-0.25, -0.2) is 14.4 Å². The van der Waals surface area contributed by atoms with Gasteiger partial charge in [0.05, 0.1) is 24.2 Å². The number of carboxylic acids is 2. The molecule has 390 valence electrons. The first-order valence-electron chi connectivity index (χ1n) is 24.1. The van der Waals surface area contributed by atoms with E-state index in [1.165, 1.54) is 6.92 Å². The first-order chi connectivity index (χ1) is 32.0. The third-order valence-corrected chi connectivity index (χ3v) is 18.9. The maximum Gasteiger partial charge on any atom is 0.335 e. The highest BCUT2D eigenvalue weighted by Crippen LogP contribution is 2.76. The molecule has 0 bridgehead atoms. The van der Waals surface area contributed by atoms with Crippen molar-refractivity contribution in [3.05, 3.63) is 23.3 Å². The summed E-state index contributed by atoms with van der Waals surface area (Å²) in [6, 6.07) is 0. The van der Waals surface area contributed by atoms with Crippen LogP contribution in [0.15, 0.2) is 23.3 Å². The number of carbonyl (C=O) groups excluding carboxylic acids is 2. The van der Waals surface area contributed by atoms with Crippen molar-refractivity contribution in [1.82, 2.24) is 0 Å². The predicted molar refractivity (Wildman–Crippen MR) is 237 cm³/mol. The van der Waals surface area contributed by atoms with Crippen molar-refractivity contribution in [2.45, 2.75) is 193 Å². The fraction of sp³-hybridized carbons (Fsp3) is 0.837. The van der Waals surface area contributed by atoms with Crippen LogP contribution in [0.4, 0.5) is 0 Å². The molecule has 2 aliphatic heterocycles. The Balaban J connectivity index is 1.21. The molecule has 69 heavy (non-hydrogen) atoms. The summed E-state index contributed by atoms with van der Waals surface area (Å²) >= 11 is 0. The fourth-order valence-corrected chi connectivity index (χ4v) is 14.6. The normalized spacial score (nSPS) is 49.4. The van der Waals surface area contributed by atoms with Crippen molar-refractivity contribution < 1.29 is 98.7 Å². The standard InChI is InChI=1S/C49H74O20/c1-10-21(2)41(63)69-38-37(58)49(20-64-22(3)51)24(17-44(38,4)5)23-11-12-26-45(6)15-14-28(46(7,19-50)25(45)13-16-47(26,8)48(23,9)18-27(49)52)65-43-36(32(56)31(55)35(67-43)40(61)62)68-42-33(57)29(53)30(54)34(66-42)39(59)60/h10-11,24-38,42-43,50,52-58H,12-20H2,1-9H3,(H,59,60)(H,61,62)/b21-10-/t24?,25?,26?,27-,28+,29+,30-,31+,32+,33-,34+,35+,36-,37+,38?,42+,43-,45+,46+,47-,48-,49+/m1/s1. The van der Waals surface area contributed by atoms with Crippen molar-refractivity contribution in [2.24, 2.45) is 50.2 Å². The number of aliphatic hydroxyl groups is 8. The minimum Gasteiger partial charge on any atom is -0.479 e. The number of hydrogen-bond acceptors (Lipinski definition) is 18. The molecule has 4 saturated carbocycles. The molecule has 2 heterocycles. The number of hydrogen-bond donors (Lipinski definition) is 10. The molecule has 6 fully saturated rings. The quantitative estimate of drug-likeness (QED) is 0.0596. The highest BCUT2D eigenvalue weighted by molar-refractivity contribution is 5.87. The lowest BCUT2D eigenvalue weighted by Gasteiger charge is -2.72. The Kier molecular flexibility index (Phi) is 14.6. The molecule has 2 saturated heterocycles. The summed E-state index contributed by atoms with van der Waals surface area (Å²) in [5, 5.41) is 110. The van der Waals surface area contributed by atoms with Gasteiger partial charge in [0.1, 0.15) is 55.4 Å². The highest BCUT2D eigenvalue weighted by atomic mass is 16.8.